The van der Waals surface area contributed by atoms with Crippen molar-refractivity contribution in [1.29, 1.82) is 10.5 Å². The summed E-state index contributed by atoms with van der Waals surface area (Å²) in [6.07, 6.45) is 61.5. The van der Waals surface area contributed by atoms with Gasteiger partial charge in [-0.3, -0.25) is 34.7 Å². The molecule has 20 aromatic rings. The van der Waals surface area contributed by atoms with Crippen LogP contribution in [-0.2, 0) is 184 Å². The maximum atomic E-state index is 8.93. The molecule has 4 radical (unpaired) electrons. The van der Waals surface area contributed by atoms with Crippen molar-refractivity contribution in [3.8, 4) is 148 Å². The van der Waals surface area contributed by atoms with Gasteiger partial charge < -0.3 is 81.3 Å². The second kappa shape index (κ2) is 44.2. The largest absolute Gasteiger partial charge is 0.385 e. The number of nitrogens with zero attached hydrogens (tertiary/aromatic N) is 29. The summed E-state index contributed by atoms with van der Waals surface area (Å²) >= 11 is 0. The maximum absolute atomic E-state index is 8.93. The molecule has 0 bridgehead atoms. The first-order valence-electron chi connectivity index (χ1n) is 44.3. The van der Waals surface area contributed by atoms with Crippen molar-refractivity contribution in [3.63, 3.8) is 0 Å². The van der Waals surface area contributed by atoms with Crippen molar-refractivity contribution in [2.45, 2.75) is 104 Å². The van der Waals surface area contributed by atoms with Crippen molar-refractivity contribution in [2.24, 2.45) is 0 Å². The third-order valence-corrected chi connectivity index (χ3v) is 24.8. The van der Waals surface area contributed by atoms with Crippen LogP contribution < -0.4 is 0 Å². The minimum absolute atomic E-state index is 0. The Balaban J connectivity index is 0.000000111. The van der Waals surface area contributed by atoms with E-state index in [1.165, 1.54) is 22.3 Å². The Kier molecular flexibility index (Phi) is 30.3. The number of rotatable bonds is 4. The summed E-state index contributed by atoms with van der Waals surface area (Å²) in [6.45, 7) is 21.8. The molecule has 0 fully saturated rings. The van der Waals surface area contributed by atoms with Crippen LogP contribution in [0.1, 0.15) is 55.9 Å². The Morgan fingerprint density at radius 3 is 1.03 bits per heavy atom. The Bertz CT molecular complexity index is 7340. The molecule has 33 heteroatoms. The van der Waals surface area contributed by atoms with Crippen LogP contribution in [0.25, 0.3) is 146 Å². The molecule has 16 aromatic heterocycles. The van der Waals surface area contributed by atoms with Gasteiger partial charge in [0.25, 0.3) is 0 Å². The van der Waals surface area contributed by atoms with Crippen molar-refractivity contribution in [2.75, 3.05) is 0 Å². The molecule has 4 aromatic carbocycles. The quantitative estimate of drug-likeness (QED) is 0.148. The van der Waals surface area contributed by atoms with Crippen LogP contribution in [0.5, 0.6) is 0 Å². The summed E-state index contributed by atoms with van der Waals surface area (Å²) in [5.41, 5.74) is 27.4. The van der Waals surface area contributed by atoms with E-state index in [1.807, 2.05) is 171 Å². The van der Waals surface area contributed by atoms with Gasteiger partial charge in [0.1, 0.15) is 5.69 Å². The zero-order valence-corrected chi connectivity index (χ0v) is 84.0. The Hall–Kier alpha value is -15.8. The fourth-order valence-electron chi connectivity index (χ4n) is 18.1. The number of imidazole rings is 8. The van der Waals surface area contributed by atoms with Gasteiger partial charge >= 0.3 is 0 Å². The molecule has 29 nitrogen and oxygen atoms in total. The van der Waals surface area contributed by atoms with Crippen LogP contribution in [0.4, 0.5) is 11.5 Å². The fraction of sp³-hybridized carbons (Fsp3) is 0.150. The SMILES string of the molecule is N#Cc1cc2c([c-]n1)-c1ncc(-c3ccccc3)n1CC2.N#Cc1cc2c([c-]n1)-c1ncc(-c3ccccc3)n1CC2.[C-]#[N+]c1cn[c-]c2c1CCn1c(-c3ccccc3)cnc1-2.[C-]#[N+]c1nc[c-]c2c1CCn1c(-c3ccccc3)cnc1-2.[Ir].[Ir].[Ir].[Ir].[c-]1nccc2c1-c1nccn1CC2.[c-]1nccc2c1-c1nccn1CC2.[c-]1nccc2c1-c1nccn1CC2.[c-]1nncc2c1-c1nccn1CC2. The summed E-state index contributed by atoms with van der Waals surface area (Å²) < 4.78 is 17.3. The minimum atomic E-state index is 0. The van der Waals surface area contributed by atoms with Gasteiger partial charge in [0.05, 0.1) is 94.0 Å². The Morgan fingerprint density at radius 2 is 0.643 bits per heavy atom. The molecule has 0 aliphatic carbocycles. The first kappa shape index (κ1) is 96.0. The topological polar surface area (TPSA) is 315 Å². The molecular formula is C107H75Ir4N29-8. The standard InChI is InChI=1S/4C17H11N4.3C10H8N3.C9H7N4.4Ir/c1-18-16-13-8-10-21-15(12-5-3-2-4-6-12)11-20-17(21)14(13)7-9-19-16;1-18-15-10-19-9-14-13(15)7-8-21-16(11-20-17(14)21)12-5-3-2-4-6-12;2*18-9-14-8-13-6-7-21-16(12-4-2-1-3-5-12)11-20-17(21)15(13)10-19-14;3*1-3-11-7-9-8(1)2-5-13-6-4-12-10(9)13;1-3-13-4-2-10-9(13)8-6-12-11-5-7(1)8;;;;/h2-6,9,11H,8,10H2;2-6,10-11H,7-8H2;2*1-5,8,11H,6-7H2;3*1,3-4,6H,2,5H2;2,4-5H,1,3H2;;;;/q8*-1;;;;. The van der Waals surface area contributed by atoms with Crippen LogP contribution in [0.2, 0.25) is 0 Å². The zero-order chi connectivity index (χ0) is 91.6. The summed E-state index contributed by atoms with van der Waals surface area (Å²) in [7, 11) is 0. The third kappa shape index (κ3) is 19.7. The van der Waals surface area contributed by atoms with E-state index in [2.05, 4.69) is 241 Å². The monoisotopic (exact) mass is 2540 g/mol. The van der Waals surface area contributed by atoms with Crippen molar-refractivity contribution in [3.05, 3.63) is 391 Å². The number of hydrogen-bond donors (Lipinski definition) is 0. The van der Waals surface area contributed by atoms with Crippen molar-refractivity contribution < 1.29 is 80.4 Å². The third-order valence-electron chi connectivity index (χ3n) is 24.8. The van der Waals surface area contributed by atoms with Crippen molar-refractivity contribution >= 4 is 11.5 Å². The van der Waals surface area contributed by atoms with E-state index in [1.54, 1.807) is 43.4 Å². The van der Waals surface area contributed by atoms with Gasteiger partial charge in [0.15, 0.2) is 0 Å². The van der Waals surface area contributed by atoms with Gasteiger partial charge in [-0.15, -0.1) is 86.5 Å². The molecular weight excluding hydrogens is 2460 g/mol. The van der Waals surface area contributed by atoms with E-state index >= 15 is 0 Å². The number of benzene rings is 4. The molecule has 692 valence electrons. The number of aryl methyl sites for hydroxylation is 10. The number of nitriles is 2. The van der Waals surface area contributed by atoms with E-state index < -0.39 is 0 Å². The smallest absolute Gasteiger partial charge is 0.216 e. The Morgan fingerprint density at radius 1 is 0.300 bits per heavy atom. The molecule has 140 heavy (non-hydrogen) atoms. The summed E-state index contributed by atoms with van der Waals surface area (Å²) in [5, 5.41) is 25.4. The van der Waals surface area contributed by atoms with E-state index in [0.717, 1.165) is 262 Å². The molecule has 24 heterocycles. The molecule has 0 saturated heterocycles. The van der Waals surface area contributed by atoms with Crippen molar-refractivity contribution in [1.82, 2.24) is 121 Å². The first-order valence-corrected chi connectivity index (χ1v) is 44.3. The second-order valence-electron chi connectivity index (χ2n) is 32.4. The average molecular weight is 2540 g/mol. The second-order valence-corrected chi connectivity index (χ2v) is 32.4. The normalized spacial score (nSPS) is 12.4. The zero-order valence-electron chi connectivity index (χ0n) is 74.4. The molecule has 0 amide bonds. The number of hydrogen-bond acceptors (Lipinski definition) is 19. The first-order chi connectivity index (χ1) is 67.3. The molecule has 0 spiro atoms. The maximum Gasteiger partial charge on any atom is 0.216 e. The summed E-state index contributed by atoms with van der Waals surface area (Å²) in [6, 6.07) is 58.0. The number of pyridine rings is 7. The van der Waals surface area contributed by atoms with E-state index in [9.17, 15) is 0 Å². The molecule has 8 aliphatic rings. The number of aromatic nitrogens is 25. The van der Waals surface area contributed by atoms with Gasteiger partial charge in [-0.25, -0.2) is 15.6 Å². The van der Waals surface area contributed by atoms with Gasteiger partial charge in [0.2, 0.25) is 5.82 Å². The van der Waals surface area contributed by atoms with Crippen LogP contribution in [-0.4, -0.2) is 121 Å². The molecule has 0 N–H and O–H groups in total. The predicted octanol–water partition coefficient (Wildman–Crippen LogP) is 17.3. The summed E-state index contributed by atoms with van der Waals surface area (Å²) in [5.74, 6) is 7.91. The van der Waals surface area contributed by atoms with Gasteiger partial charge in [-0.05, 0) is 104 Å². The minimum Gasteiger partial charge on any atom is -0.385 e. The van der Waals surface area contributed by atoms with Crippen LogP contribution in [0, 0.1) is 85.3 Å². The molecule has 0 atom stereocenters. The molecule has 0 unspecified atom stereocenters. The molecule has 0 saturated carbocycles. The van der Waals surface area contributed by atoms with E-state index in [0.29, 0.717) is 22.9 Å². The summed E-state index contributed by atoms with van der Waals surface area (Å²) in [4.78, 5) is 70.6. The predicted molar refractivity (Wildman–Crippen MR) is 505 cm³/mol. The number of fused-ring (bicyclic) bond motifs is 24. The van der Waals surface area contributed by atoms with Gasteiger partial charge in [-0.1, -0.05) is 205 Å². The van der Waals surface area contributed by atoms with Gasteiger partial charge in [-0.2, -0.15) is 15.6 Å². The fourth-order valence-corrected chi connectivity index (χ4v) is 18.1. The van der Waals surface area contributed by atoms with E-state index in [-0.39, 0.29) is 80.4 Å². The average Bonchev–Trinajstić information content (AvgIpc) is 1.62. The van der Waals surface area contributed by atoms with Crippen LogP contribution in [0.15, 0.2) is 263 Å². The Labute approximate surface area is 860 Å². The molecule has 28 rings (SSSR count). The van der Waals surface area contributed by atoms with Crippen LogP contribution in [0.3, 0.4) is 0 Å². The molecule has 8 aliphatic heterocycles. The van der Waals surface area contributed by atoms with E-state index in [4.69, 9.17) is 23.7 Å². The van der Waals surface area contributed by atoms with Crippen LogP contribution >= 0.6 is 0 Å². The van der Waals surface area contributed by atoms with Gasteiger partial charge in [0, 0.05) is 219 Å².